The normalized spacial score (nSPS) is 11.4. The third kappa shape index (κ3) is 6.73. The van der Waals surface area contributed by atoms with Gasteiger partial charge in [-0.3, -0.25) is 0 Å². The number of fused-ring (bicyclic) bond motifs is 1. The number of anilines is 1. The summed E-state index contributed by atoms with van der Waals surface area (Å²) in [5.74, 6) is 1.18. The summed E-state index contributed by atoms with van der Waals surface area (Å²) in [6, 6.07) is 10.3. The van der Waals surface area contributed by atoms with Crippen molar-refractivity contribution in [2.24, 2.45) is 0 Å². The molecular formula is C19H16ClF3N2O2S2. The summed E-state index contributed by atoms with van der Waals surface area (Å²) in [6.45, 7) is 0.453. The van der Waals surface area contributed by atoms with Crippen LogP contribution in [0.5, 0.6) is 5.75 Å². The largest absolute Gasteiger partial charge is 0.573 e. The van der Waals surface area contributed by atoms with Gasteiger partial charge in [-0.15, -0.1) is 24.5 Å². The van der Waals surface area contributed by atoms with Crippen LogP contribution in [0.2, 0.25) is 5.02 Å². The van der Waals surface area contributed by atoms with Crippen molar-refractivity contribution < 1.29 is 22.7 Å². The molecule has 0 aliphatic rings. The van der Waals surface area contributed by atoms with Gasteiger partial charge in [-0.2, -0.15) is 11.8 Å². The summed E-state index contributed by atoms with van der Waals surface area (Å²) in [5, 5.41) is 9.24. The van der Waals surface area contributed by atoms with Crippen molar-refractivity contribution in [3.05, 3.63) is 58.4 Å². The lowest BCUT2D eigenvalue weighted by Gasteiger charge is -2.10. The van der Waals surface area contributed by atoms with Crippen LogP contribution in [0.1, 0.15) is 5.56 Å². The summed E-state index contributed by atoms with van der Waals surface area (Å²) < 4.78 is 41.4. The predicted molar refractivity (Wildman–Crippen MR) is 113 cm³/mol. The fourth-order valence-electron chi connectivity index (χ4n) is 2.50. The van der Waals surface area contributed by atoms with Crippen molar-refractivity contribution in [3.8, 4) is 5.75 Å². The van der Waals surface area contributed by atoms with Gasteiger partial charge in [-0.25, -0.2) is 4.79 Å². The summed E-state index contributed by atoms with van der Waals surface area (Å²) in [5.41, 5.74) is 1.58. The zero-order valence-electron chi connectivity index (χ0n) is 14.9. The zero-order valence-corrected chi connectivity index (χ0v) is 17.3. The van der Waals surface area contributed by atoms with E-state index in [1.54, 1.807) is 23.1 Å². The van der Waals surface area contributed by atoms with Crippen LogP contribution in [-0.2, 0) is 5.75 Å². The molecule has 2 N–H and O–H groups in total. The molecule has 0 bridgehead atoms. The number of ether oxygens (including phenoxy) is 1. The number of carbonyl (C=O) groups excluding carboxylic acids is 1. The number of hydrogen-bond donors (Lipinski definition) is 2. The lowest BCUT2D eigenvalue weighted by molar-refractivity contribution is -0.274. The minimum Gasteiger partial charge on any atom is -0.406 e. The molecule has 0 aliphatic carbocycles. The molecule has 2 aromatic carbocycles. The second-order valence-corrected chi connectivity index (χ2v) is 8.36. The Bertz CT molecular complexity index is 978. The molecule has 1 aromatic heterocycles. The highest BCUT2D eigenvalue weighted by atomic mass is 35.5. The number of carbonyl (C=O) groups is 1. The van der Waals surface area contributed by atoms with Crippen LogP contribution in [-0.4, -0.2) is 24.7 Å². The monoisotopic (exact) mass is 460 g/mol. The number of amides is 2. The van der Waals surface area contributed by atoms with Crippen molar-refractivity contribution in [1.82, 2.24) is 5.32 Å². The zero-order chi connectivity index (χ0) is 20.9. The number of urea groups is 1. The molecule has 0 saturated carbocycles. The van der Waals surface area contributed by atoms with Gasteiger partial charge in [0, 0.05) is 33.5 Å². The van der Waals surface area contributed by atoms with Gasteiger partial charge in [-0.05, 0) is 58.8 Å². The minimum absolute atomic E-state index is 0.345. The van der Waals surface area contributed by atoms with Crippen molar-refractivity contribution in [1.29, 1.82) is 0 Å². The molecule has 3 rings (SSSR count). The van der Waals surface area contributed by atoms with Crippen molar-refractivity contribution in [2.45, 2.75) is 12.1 Å². The van der Waals surface area contributed by atoms with E-state index in [9.17, 15) is 18.0 Å². The molecule has 0 saturated heterocycles. The van der Waals surface area contributed by atoms with Crippen molar-refractivity contribution in [3.63, 3.8) is 0 Å². The molecule has 154 valence electrons. The first kappa shape index (κ1) is 21.6. The fourth-order valence-corrected chi connectivity index (χ4v) is 4.57. The number of rotatable bonds is 7. The Hall–Kier alpha value is -2.10. The van der Waals surface area contributed by atoms with Crippen LogP contribution in [0.25, 0.3) is 10.1 Å². The Morgan fingerprint density at radius 2 is 1.93 bits per heavy atom. The maximum absolute atomic E-state index is 12.1. The Morgan fingerprint density at radius 1 is 1.17 bits per heavy atom. The number of halogens is 4. The van der Waals surface area contributed by atoms with E-state index >= 15 is 0 Å². The van der Waals surface area contributed by atoms with E-state index < -0.39 is 12.4 Å². The average molecular weight is 461 g/mol. The van der Waals surface area contributed by atoms with E-state index in [2.05, 4.69) is 20.8 Å². The van der Waals surface area contributed by atoms with Crippen molar-refractivity contribution in [2.75, 3.05) is 17.6 Å². The summed E-state index contributed by atoms with van der Waals surface area (Å²) in [6.07, 6.45) is -4.74. The van der Waals surface area contributed by atoms with Crippen LogP contribution in [0.4, 0.5) is 23.7 Å². The predicted octanol–water partition coefficient (Wildman–Crippen LogP) is 6.51. The average Bonchev–Trinajstić information content (AvgIpc) is 3.04. The molecule has 2 amide bonds. The first-order chi connectivity index (χ1) is 13.8. The van der Waals surface area contributed by atoms with E-state index in [1.807, 2.05) is 18.2 Å². The van der Waals surface area contributed by atoms with Crippen LogP contribution in [0, 0.1) is 0 Å². The van der Waals surface area contributed by atoms with Crippen LogP contribution >= 0.6 is 34.7 Å². The molecule has 10 heteroatoms. The molecule has 29 heavy (non-hydrogen) atoms. The lowest BCUT2D eigenvalue weighted by atomic mass is 10.2. The van der Waals surface area contributed by atoms with Gasteiger partial charge in [0.15, 0.2) is 0 Å². The first-order valence-electron chi connectivity index (χ1n) is 8.44. The third-order valence-corrected chi connectivity index (χ3v) is 6.01. The molecule has 4 nitrogen and oxygen atoms in total. The Labute approximate surface area is 178 Å². The highest BCUT2D eigenvalue weighted by molar-refractivity contribution is 7.98. The molecule has 3 aromatic rings. The molecule has 0 fully saturated rings. The Balaban J connectivity index is 1.38. The molecule has 0 radical (unpaired) electrons. The standard InChI is InChI=1S/C19H16ClF3N2O2S2/c20-13-1-6-17-16(9-13)12(11-29-17)10-28-8-7-24-18(26)25-14-2-4-15(5-3-14)27-19(21,22)23/h1-6,9,11H,7-8,10H2,(H2,24,25,26). The van der Waals surface area contributed by atoms with E-state index in [1.165, 1.54) is 22.4 Å². The number of hydrogen-bond acceptors (Lipinski definition) is 4. The molecule has 1 heterocycles. The van der Waals surface area contributed by atoms with Gasteiger partial charge in [0.05, 0.1) is 0 Å². The topological polar surface area (TPSA) is 50.4 Å². The van der Waals surface area contributed by atoms with Crippen LogP contribution in [0.3, 0.4) is 0 Å². The second-order valence-electron chi connectivity index (χ2n) is 5.91. The van der Waals surface area contributed by atoms with Crippen LogP contribution < -0.4 is 15.4 Å². The highest BCUT2D eigenvalue weighted by Gasteiger charge is 2.30. The van der Waals surface area contributed by atoms with E-state index in [-0.39, 0.29) is 5.75 Å². The number of thioether (sulfide) groups is 1. The molecule has 0 atom stereocenters. The summed E-state index contributed by atoms with van der Waals surface area (Å²) >= 11 is 9.41. The number of nitrogens with one attached hydrogen (secondary N) is 2. The molecule has 0 aliphatic heterocycles. The van der Waals surface area contributed by atoms with Gasteiger partial charge in [0.25, 0.3) is 0 Å². The van der Waals surface area contributed by atoms with E-state index in [0.717, 1.165) is 23.3 Å². The van der Waals surface area contributed by atoms with E-state index in [4.69, 9.17) is 11.6 Å². The number of thiophene rings is 1. The van der Waals surface area contributed by atoms with Gasteiger partial charge >= 0.3 is 12.4 Å². The van der Waals surface area contributed by atoms with E-state index in [0.29, 0.717) is 23.0 Å². The second kappa shape index (κ2) is 9.60. The minimum atomic E-state index is -4.74. The van der Waals surface area contributed by atoms with Crippen molar-refractivity contribution >= 4 is 56.5 Å². The SMILES string of the molecule is O=C(NCCSCc1csc2ccc(Cl)cc12)Nc1ccc(OC(F)(F)F)cc1. The number of benzene rings is 2. The van der Waals surface area contributed by atoms with Gasteiger partial charge in [-0.1, -0.05) is 11.6 Å². The van der Waals surface area contributed by atoms with Gasteiger partial charge in [0.2, 0.25) is 0 Å². The smallest absolute Gasteiger partial charge is 0.406 e. The molecular weight excluding hydrogens is 445 g/mol. The highest BCUT2D eigenvalue weighted by Crippen LogP contribution is 2.31. The van der Waals surface area contributed by atoms with Gasteiger partial charge in [0.1, 0.15) is 5.75 Å². The Morgan fingerprint density at radius 3 is 2.66 bits per heavy atom. The first-order valence-corrected chi connectivity index (χ1v) is 10.9. The third-order valence-electron chi connectivity index (χ3n) is 3.75. The summed E-state index contributed by atoms with van der Waals surface area (Å²) in [7, 11) is 0. The molecule has 0 spiro atoms. The van der Waals surface area contributed by atoms with Gasteiger partial charge < -0.3 is 15.4 Å². The number of alkyl halides is 3. The summed E-state index contributed by atoms with van der Waals surface area (Å²) in [4.78, 5) is 11.9. The quantitative estimate of drug-likeness (QED) is 0.395. The maximum Gasteiger partial charge on any atom is 0.573 e. The van der Waals surface area contributed by atoms with Crippen LogP contribution in [0.15, 0.2) is 47.8 Å². The Kier molecular flexibility index (Phi) is 7.15. The fraction of sp³-hybridized carbons (Fsp3) is 0.211. The maximum atomic E-state index is 12.1. The molecule has 0 unspecified atom stereocenters. The lowest BCUT2D eigenvalue weighted by Crippen LogP contribution is -2.30.